The maximum absolute atomic E-state index is 13.6. The number of alkyl halides is 6. The van der Waals surface area contributed by atoms with Crippen molar-refractivity contribution in [1.82, 2.24) is 19.6 Å². The third kappa shape index (κ3) is 9.22. The molecule has 0 radical (unpaired) electrons. The van der Waals surface area contributed by atoms with E-state index in [4.69, 9.17) is 17.2 Å². The normalized spacial score (nSPS) is 12.1. The van der Waals surface area contributed by atoms with E-state index in [9.17, 15) is 31.1 Å². The van der Waals surface area contributed by atoms with Crippen LogP contribution < -0.4 is 22.5 Å². The van der Waals surface area contributed by atoms with Gasteiger partial charge in [0.1, 0.15) is 5.84 Å². The summed E-state index contributed by atoms with van der Waals surface area (Å²) >= 11 is 0. The molecular formula is C52H39F6N9O. The smallest absolute Gasteiger partial charge is 0.386 e. The van der Waals surface area contributed by atoms with E-state index in [-0.39, 0.29) is 24.8 Å². The predicted molar refractivity (Wildman–Crippen MR) is 256 cm³/mol. The van der Waals surface area contributed by atoms with Gasteiger partial charge in [0, 0.05) is 16.8 Å². The molecule has 68 heavy (non-hydrogen) atoms. The second kappa shape index (κ2) is 18.1. The van der Waals surface area contributed by atoms with Crippen molar-refractivity contribution >= 4 is 66.2 Å². The van der Waals surface area contributed by atoms with Crippen LogP contribution >= 0.6 is 0 Å². The molecule has 0 fully saturated rings. The van der Waals surface area contributed by atoms with Gasteiger partial charge < -0.3 is 22.5 Å². The van der Waals surface area contributed by atoms with E-state index >= 15 is 0 Å². The van der Waals surface area contributed by atoms with Gasteiger partial charge in [-0.05, 0) is 116 Å². The lowest BCUT2D eigenvalue weighted by Crippen LogP contribution is -2.22. The summed E-state index contributed by atoms with van der Waals surface area (Å²) in [7, 11) is 0. The Labute approximate surface area is 383 Å². The van der Waals surface area contributed by atoms with E-state index < -0.39 is 23.7 Å². The lowest BCUT2D eigenvalue weighted by Gasteiger charge is -2.11. The third-order valence-corrected chi connectivity index (χ3v) is 11.2. The number of benzene rings is 8. The molecule has 10 aromatic rings. The third-order valence-electron chi connectivity index (χ3n) is 11.2. The van der Waals surface area contributed by atoms with Gasteiger partial charge >= 0.3 is 12.4 Å². The fourth-order valence-corrected chi connectivity index (χ4v) is 7.97. The summed E-state index contributed by atoms with van der Waals surface area (Å²) < 4.78 is 83.9. The highest BCUT2D eigenvalue weighted by atomic mass is 19.4. The Hall–Kier alpha value is -8.34. The molecule has 0 bridgehead atoms. The number of rotatable bonds is 8. The van der Waals surface area contributed by atoms with E-state index in [2.05, 4.69) is 20.5 Å². The first-order chi connectivity index (χ1) is 32.7. The van der Waals surface area contributed by atoms with Gasteiger partial charge in [0.25, 0.3) is 0 Å². The number of amides is 1. The zero-order valence-corrected chi connectivity index (χ0v) is 35.7. The second-order valence-corrected chi connectivity index (χ2v) is 15.7. The highest BCUT2D eigenvalue weighted by Crippen LogP contribution is 2.38. The number of nitrogens with one attached hydrogen (secondary N) is 1. The Bertz CT molecular complexity index is 3520. The van der Waals surface area contributed by atoms with Gasteiger partial charge in [-0.1, -0.05) is 97.1 Å². The first-order valence-electron chi connectivity index (χ1n) is 21.1. The fourth-order valence-electron chi connectivity index (χ4n) is 7.97. The molecule has 0 atom stereocenters. The zero-order chi connectivity index (χ0) is 47.7. The van der Waals surface area contributed by atoms with Crippen LogP contribution in [0.15, 0.2) is 175 Å². The summed E-state index contributed by atoms with van der Waals surface area (Å²) in [6.45, 7) is -0.0610. The number of carbonyl (C=O) groups excluding carboxylic acids is 1. The van der Waals surface area contributed by atoms with Crippen LogP contribution in [-0.2, 0) is 17.1 Å². The number of hydrogen-bond donors (Lipinski definition) is 4. The number of anilines is 1. The molecule has 0 saturated heterocycles. The fraction of sp³-hybridized carbons (Fsp3) is 0.0769. The molecule has 10 rings (SSSR count). The number of amidine groups is 1. The SMILES string of the molecule is NCC(=O)Nc1ccc(-n2nc(C(F)(F)F)cc2-c2ccc3c(ccc4ccccc43)c2)cc1.NCC(N)=Nc1ccc(-n2nc(C(F)(F)F)cc2-c2ccc3c(ccc4ccccc43)c2)cc1. The number of fused-ring (bicyclic) bond motifs is 6. The molecule has 2 aromatic heterocycles. The molecule has 0 aliphatic carbocycles. The van der Waals surface area contributed by atoms with Crippen molar-refractivity contribution in [1.29, 1.82) is 0 Å². The van der Waals surface area contributed by atoms with Gasteiger partial charge in [-0.2, -0.15) is 36.5 Å². The molecule has 0 aliphatic heterocycles. The Morgan fingerprint density at radius 2 is 0.941 bits per heavy atom. The molecule has 7 N–H and O–H groups in total. The first kappa shape index (κ1) is 44.8. The Balaban J connectivity index is 0.000000170. The van der Waals surface area contributed by atoms with Crippen molar-refractivity contribution in [3.05, 3.63) is 181 Å². The maximum atomic E-state index is 13.6. The van der Waals surface area contributed by atoms with Crippen LogP contribution in [-0.4, -0.2) is 44.4 Å². The Morgan fingerprint density at radius 1 is 0.515 bits per heavy atom. The van der Waals surface area contributed by atoms with E-state index in [0.717, 1.165) is 55.2 Å². The average molecular weight is 920 g/mol. The molecular weight excluding hydrogens is 881 g/mol. The average Bonchev–Trinajstić information content (AvgIpc) is 4.02. The summed E-state index contributed by atoms with van der Waals surface area (Å²) in [5, 5.41) is 18.6. The molecule has 2 heterocycles. The van der Waals surface area contributed by atoms with Crippen LogP contribution in [0, 0.1) is 0 Å². The number of hydrogen-bond acceptors (Lipinski definition) is 6. The van der Waals surface area contributed by atoms with Gasteiger partial charge in [-0.25, -0.2) is 14.4 Å². The molecule has 0 unspecified atom stereocenters. The van der Waals surface area contributed by atoms with Crippen LogP contribution in [0.4, 0.5) is 37.7 Å². The lowest BCUT2D eigenvalue weighted by molar-refractivity contribution is -0.142. The molecule has 10 nitrogen and oxygen atoms in total. The summed E-state index contributed by atoms with van der Waals surface area (Å²) in [5.74, 6) is -0.105. The van der Waals surface area contributed by atoms with Gasteiger partial charge in [-0.15, -0.1) is 0 Å². The summed E-state index contributed by atoms with van der Waals surface area (Å²) in [4.78, 5) is 15.7. The van der Waals surface area contributed by atoms with Gasteiger partial charge in [0.05, 0.1) is 41.5 Å². The number of halogens is 6. The number of aromatic nitrogens is 4. The van der Waals surface area contributed by atoms with Crippen molar-refractivity contribution in [3.63, 3.8) is 0 Å². The molecule has 0 aliphatic rings. The first-order valence-corrected chi connectivity index (χ1v) is 21.1. The number of carbonyl (C=O) groups is 1. The quantitative estimate of drug-likeness (QED) is 0.0515. The van der Waals surface area contributed by atoms with Gasteiger partial charge in [0.2, 0.25) is 5.91 Å². The molecule has 16 heteroatoms. The maximum Gasteiger partial charge on any atom is 0.435 e. The Kier molecular flexibility index (Phi) is 12.0. The van der Waals surface area contributed by atoms with E-state index in [0.29, 0.717) is 45.3 Å². The van der Waals surface area contributed by atoms with E-state index in [1.165, 1.54) is 9.36 Å². The van der Waals surface area contributed by atoms with Crippen LogP contribution in [0.25, 0.3) is 77.0 Å². The minimum absolute atomic E-state index is 0.108. The minimum atomic E-state index is -4.60. The van der Waals surface area contributed by atoms with Crippen molar-refractivity contribution in [2.45, 2.75) is 12.4 Å². The molecule has 340 valence electrons. The van der Waals surface area contributed by atoms with Crippen molar-refractivity contribution in [3.8, 4) is 33.9 Å². The number of nitrogens with two attached hydrogens (primary N) is 3. The predicted octanol–water partition coefficient (Wildman–Crippen LogP) is 11.6. The highest BCUT2D eigenvalue weighted by molar-refractivity contribution is 6.09. The molecule has 0 spiro atoms. The highest BCUT2D eigenvalue weighted by Gasteiger charge is 2.36. The van der Waals surface area contributed by atoms with E-state index in [1.807, 2.05) is 103 Å². The summed E-state index contributed by atoms with van der Waals surface area (Å²) in [6.07, 6.45) is -9.17. The minimum Gasteiger partial charge on any atom is -0.386 e. The largest absolute Gasteiger partial charge is 0.435 e. The number of aliphatic imine (C=N–C) groups is 1. The summed E-state index contributed by atoms with van der Waals surface area (Å²) in [5.41, 5.74) is 18.3. The van der Waals surface area contributed by atoms with Crippen LogP contribution in [0.2, 0.25) is 0 Å². The summed E-state index contributed by atoms with van der Waals surface area (Å²) in [6, 6.07) is 50.2. The van der Waals surface area contributed by atoms with Crippen molar-refractivity contribution in [2.75, 3.05) is 18.4 Å². The molecule has 0 saturated carbocycles. The number of nitrogens with zero attached hydrogens (tertiary/aromatic N) is 5. The Morgan fingerprint density at radius 3 is 1.38 bits per heavy atom. The second-order valence-electron chi connectivity index (χ2n) is 15.7. The van der Waals surface area contributed by atoms with Crippen molar-refractivity contribution in [2.24, 2.45) is 22.2 Å². The topological polar surface area (TPSA) is 155 Å². The zero-order valence-electron chi connectivity index (χ0n) is 35.7. The van der Waals surface area contributed by atoms with Crippen molar-refractivity contribution < 1.29 is 31.1 Å². The lowest BCUT2D eigenvalue weighted by atomic mass is 9.99. The molecule has 1 amide bonds. The van der Waals surface area contributed by atoms with E-state index in [1.54, 1.807) is 54.6 Å². The van der Waals surface area contributed by atoms with Crippen LogP contribution in [0.5, 0.6) is 0 Å². The van der Waals surface area contributed by atoms with Gasteiger partial charge in [0.15, 0.2) is 11.4 Å². The van der Waals surface area contributed by atoms with Gasteiger partial charge in [-0.3, -0.25) is 4.79 Å². The monoisotopic (exact) mass is 919 g/mol. The van der Waals surface area contributed by atoms with Crippen LogP contribution in [0.1, 0.15) is 11.4 Å². The molecule has 8 aromatic carbocycles. The standard InChI is InChI=1S/C26H20F3N5.C26H19F3N4O/c27-26(28,29)24-14-23(34(33-24)20-10-8-19(9-11-20)32-25(31)15-30)18-7-12-22-17(13-18)6-5-16-3-1-2-4-21(16)22;27-26(28,29)24-14-23(33(32-24)20-10-8-19(9-11-20)31-25(34)15-30)18-7-12-22-17(13-18)6-5-16-3-1-2-4-21(16)22/h1-14H,15,30H2,(H2,31,32);1-14H,15,30H2,(H,31,34). The van der Waals surface area contributed by atoms with Crippen LogP contribution in [0.3, 0.4) is 0 Å².